The topological polar surface area (TPSA) is 61.4 Å². The first-order valence-electron chi connectivity index (χ1n) is 7.37. The van der Waals surface area contributed by atoms with E-state index in [9.17, 15) is 8.42 Å². The van der Waals surface area contributed by atoms with Crippen LogP contribution in [0.5, 0.6) is 0 Å². The van der Waals surface area contributed by atoms with E-state index in [2.05, 4.69) is 22.0 Å². The highest BCUT2D eigenvalue weighted by molar-refractivity contribution is 7.89. The molecule has 1 aliphatic rings. The van der Waals surface area contributed by atoms with Gasteiger partial charge in [-0.25, -0.2) is 13.1 Å². The molecule has 118 valence electrons. The standard InChI is InChI=1S/C15H25N3O2S/c1-12-4-5-13(11-16-2)10-15(12)21(19,20)17-14-6-8-18(3)9-7-14/h4-5,10,14,16-17H,6-9,11H2,1-3H3. The van der Waals surface area contributed by atoms with E-state index in [1.807, 2.05) is 26.1 Å². The summed E-state index contributed by atoms with van der Waals surface area (Å²) in [5.74, 6) is 0. The van der Waals surface area contributed by atoms with Crippen LogP contribution in [0, 0.1) is 6.92 Å². The number of likely N-dealkylation sites (tertiary alicyclic amines) is 1. The van der Waals surface area contributed by atoms with Crippen LogP contribution in [0.4, 0.5) is 0 Å². The number of sulfonamides is 1. The lowest BCUT2D eigenvalue weighted by Gasteiger charge is -2.29. The molecule has 0 spiro atoms. The molecule has 2 N–H and O–H groups in total. The second kappa shape index (κ2) is 6.87. The van der Waals surface area contributed by atoms with Crippen molar-refractivity contribution in [1.82, 2.24) is 14.9 Å². The van der Waals surface area contributed by atoms with Gasteiger partial charge < -0.3 is 10.2 Å². The quantitative estimate of drug-likeness (QED) is 0.854. The third kappa shape index (κ3) is 4.26. The van der Waals surface area contributed by atoms with Gasteiger partial charge in [0.05, 0.1) is 4.90 Å². The van der Waals surface area contributed by atoms with Gasteiger partial charge in [0.25, 0.3) is 0 Å². The fraction of sp³-hybridized carbons (Fsp3) is 0.600. The minimum absolute atomic E-state index is 0.0403. The molecule has 1 aliphatic heterocycles. The van der Waals surface area contributed by atoms with E-state index >= 15 is 0 Å². The Bertz CT molecular complexity index is 579. The maximum atomic E-state index is 12.6. The lowest BCUT2D eigenvalue weighted by atomic mass is 10.1. The predicted octanol–water partition coefficient (Wildman–Crippen LogP) is 1.09. The van der Waals surface area contributed by atoms with Crippen LogP contribution < -0.4 is 10.0 Å². The summed E-state index contributed by atoms with van der Waals surface area (Å²) in [5.41, 5.74) is 1.77. The van der Waals surface area contributed by atoms with Gasteiger partial charge in [0.1, 0.15) is 0 Å². The van der Waals surface area contributed by atoms with Crippen molar-refractivity contribution in [1.29, 1.82) is 0 Å². The molecule has 1 aromatic rings. The van der Waals surface area contributed by atoms with E-state index in [-0.39, 0.29) is 6.04 Å². The molecular formula is C15H25N3O2S. The van der Waals surface area contributed by atoms with Crippen molar-refractivity contribution in [2.24, 2.45) is 0 Å². The van der Waals surface area contributed by atoms with Crippen molar-refractivity contribution in [2.45, 2.75) is 37.2 Å². The van der Waals surface area contributed by atoms with Crippen LogP contribution in [-0.4, -0.2) is 46.5 Å². The van der Waals surface area contributed by atoms with Crippen LogP contribution in [0.3, 0.4) is 0 Å². The number of nitrogens with zero attached hydrogens (tertiary/aromatic N) is 1. The summed E-state index contributed by atoms with van der Waals surface area (Å²) >= 11 is 0. The molecule has 1 fully saturated rings. The van der Waals surface area contributed by atoms with Crippen molar-refractivity contribution >= 4 is 10.0 Å². The smallest absolute Gasteiger partial charge is 0.241 e. The molecule has 0 saturated carbocycles. The van der Waals surface area contributed by atoms with Crippen LogP contribution in [-0.2, 0) is 16.6 Å². The normalized spacial score (nSPS) is 18.0. The summed E-state index contributed by atoms with van der Waals surface area (Å²) in [6, 6.07) is 5.64. The first-order chi connectivity index (χ1) is 9.92. The molecule has 0 aliphatic carbocycles. The Kier molecular flexibility index (Phi) is 5.37. The number of rotatable bonds is 5. The van der Waals surface area contributed by atoms with Gasteiger partial charge >= 0.3 is 0 Å². The Morgan fingerprint density at radius 1 is 1.29 bits per heavy atom. The van der Waals surface area contributed by atoms with Gasteiger partial charge in [-0.3, -0.25) is 0 Å². The highest BCUT2D eigenvalue weighted by Crippen LogP contribution is 2.19. The minimum atomic E-state index is -3.45. The average molecular weight is 311 g/mol. The molecule has 21 heavy (non-hydrogen) atoms. The molecule has 1 saturated heterocycles. The van der Waals surface area contributed by atoms with Crippen molar-refractivity contribution < 1.29 is 8.42 Å². The highest BCUT2D eigenvalue weighted by atomic mass is 32.2. The fourth-order valence-corrected chi connectivity index (χ4v) is 4.26. The predicted molar refractivity (Wildman–Crippen MR) is 84.8 cm³/mol. The molecule has 5 nitrogen and oxygen atoms in total. The van der Waals surface area contributed by atoms with Crippen LogP contribution in [0.2, 0.25) is 0 Å². The van der Waals surface area contributed by atoms with Crippen LogP contribution in [0.25, 0.3) is 0 Å². The van der Waals surface area contributed by atoms with E-state index in [1.165, 1.54) is 0 Å². The number of piperidine rings is 1. The van der Waals surface area contributed by atoms with E-state index < -0.39 is 10.0 Å². The average Bonchev–Trinajstić information content (AvgIpc) is 2.43. The van der Waals surface area contributed by atoms with Gasteiger partial charge in [0.2, 0.25) is 10.0 Å². The molecule has 0 radical (unpaired) electrons. The fourth-order valence-electron chi connectivity index (χ4n) is 2.66. The Morgan fingerprint density at radius 3 is 2.57 bits per heavy atom. The highest BCUT2D eigenvalue weighted by Gasteiger charge is 2.24. The Hall–Kier alpha value is -0.950. The molecule has 0 aromatic heterocycles. The summed E-state index contributed by atoms with van der Waals surface area (Å²) in [4.78, 5) is 2.62. The Balaban J connectivity index is 2.17. The number of benzene rings is 1. The van der Waals surface area contributed by atoms with Crippen molar-refractivity contribution in [3.8, 4) is 0 Å². The van der Waals surface area contributed by atoms with Gasteiger partial charge in [-0.15, -0.1) is 0 Å². The third-order valence-corrected chi connectivity index (χ3v) is 5.63. The molecule has 0 amide bonds. The summed E-state index contributed by atoms with van der Waals surface area (Å²) in [7, 11) is 0.472. The molecule has 1 heterocycles. The van der Waals surface area contributed by atoms with Crippen LogP contribution in [0.15, 0.2) is 23.1 Å². The van der Waals surface area contributed by atoms with Crippen molar-refractivity contribution in [3.05, 3.63) is 29.3 Å². The van der Waals surface area contributed by atoms with Gasteiger partial charge in [0.15, 0.2) is 0 Å². The first kappa shape index (κ1) is 16.4. The zero-order valence-corrected chi connectivity index (χ0v) is 13.8. The van der Waals surface area contributed by atoms with Crippen molar-refractivity contribution in [3.63, 3.8) is 0 Å². The second-order valence-electron chi connectivity index (χ2n) is 5.83. The molecule has 2 rings (SSSR count). The Morgan fingerprint density at radius 2 is 1.95 bits per heavy atom. The van der Waals surface area contributed by atoms with E-state index in [0.717, 1.165) is 37.1 Å². The van der Waals surface area contributed by atoms with Crippen molar-refractivity contribution in [2.75, 3.05) is 27.2 Å². The zero-order chi connectivity index (χ0) is 15.5. The lowest BCUT2D eigenvalue weighted by molar-refractivity contribution is 0.248. The molecule has 1 aromatic carbocycles. The van der Waals surface area contributed by atoms with E-state index in [4.69, 9.17) is 0 Å². The van der Waals surface area contributed by atoms with E-state index in [1.54, 1.807) is 6.07 Å². The zero-order valence-electron chi connectivity index (χ0n) is 13.0. The minimum Gasteiger partial charge on any atom is -0.316 e. The Labute approximate surface area is 127 Å². The van der Waals surface area contributed by atoms with Gasteiger partial charge in [-0.05, 0) is 64.1 Å². The summed E-state index contributed by atoms with van der Waals surface area (Å²) in [6.07, 6.45) is 1.73. The summed E-state index contributed by atoms with van der Waals surface area (Å²) in [5, 5.41) is 3.05. The number of hydrogen-bond acceptors (Lipinski definition) is 4. The number of nitrogens with one attached hydrogen (secondary N) is 2. The largest absolute Gasteiger partial charge is 0.316 e. The monoisotopic (exact) mass is 311 g/mol. The maximum Gasteiger partial charge on any atom is 0.241 e. The molecular weight excluding hydrogens is 286 g/mol. The number of aryl methyl sites for hydroxylation is 1. The SMILES string of the molecule is CNCc1ccc(C)c(S(=O)(=O)NC2CCN(C)CC2)c1. The first-order valence-corrected chi connectivity index (χ1v) is 8.85. The molecule has 0 atom stereocenters. The maximum absolute atomic E-state index is 12.6. The molecule has 6 heteroatoms. The van der Waals surface area contributed by atoms with Gasteiger partial charge in [-0.1, -0.05) is 12.1 Å². The molecule has 0 bridgehead atoms. The lowest BCUT2D eigenvalue weighted by Crippen LogP contribution is -2.43. The third-order valence-electron chi connectivity index (χ3n) is 3.96. The summed E-state index contributed by atoms with van der Waals surface area (Å²) < 4.78 is 28.1. The van der Waals surface area contributed by atoms with Gasteiger partial charge in [-0.2, -0.15) is 0 Å². The van der Waals surface area contributed by atoms with Crippen LogP contribution in [0.1, 0.15) is 24.0 Å². The van der Waals surface area contributed by atoms with Gasteiger partial charge in [0, 0.05) is 12.6 Å². The molecule has 0 unspecified atom stereocenters. The second-order valence-corrected chi connectivity index (χ2v) is 7.51. The van der Waals surface area contributed by atoms with E-state index in [0.29, 0.717) is 11.4 Å². The summed E-state index contributed by atoms with van der Waals surface area (Å²) in [6.45, 7) is 4.38. The van der Waals surface area contributed by atoms with Crippen LogP contribution >= 0.6 is 0 Å². The number of hydrogen-bond donors (Lipinski definition) is 2.